The van der Waals surface area contributed by atoms with Crippen LogP contribution in [0.25, 0.3) is 0 Å². The minimum atomic E-state index is -0.515. The molecule has 1 aliphatic rings. The second-order valence-corrected chi connectivity index (χ2v) is 5.76. The first-order valence-corrected chi connectivity index (χ1v) is 7.34. The van der Waals surface area contributed by atoms with E-state index in [0.717, 1.165) is 0 Å². The molecular formula is C17H17FN2O3. The molecule has 1 aliphatic heterocycles. The maximum atomic E-state index is 13.1. The molecule has 0 spiro atoms. The van der Waals surface area contributed by atoms with Gasteiger partial charge in [-0.25, -0.2) is 9.37 Å². The smallest absolute Gasteiger partial charge is 0.233 e. The van der Waals surface area contributed by atoms with E-state index in [4.69, 9.17) is 9.47 Å². The minimum Gasteiger partial charge on any atom is -0.456 e. The van der Waals surface area contributed by atoms with Gasteiger partial charge < -0.3 is 14.8 Å². The first-order valence-electron chi connectivity index (χ1n) is 7.34. The van der Waals surface area contributed by atoms with Crippen LogP contribution in [0.5, 0.6) is 11.5 Å². The Kier molecular flexibility index (Phi) is 4.25. The summed E-state index contributed by atoms with van der Waals surface area (Å²) in [6.07, 6.45) is 2.17. The van der Waals surface area contributed by atoms with E-state index in [0.29, 0.717) is 37.0 Å². The third kappa shape index (κ3) is 3.65. The van der Waals surface area contributed by atoms with Crippen LogP contribution < -0.4 is 10.1 Å². The van der Waals surface area contributed by atoms with E-state index in [2.05, 4.69) is 10.3 Å². The molecule has 1 amide bonds. The summed E-state index contributed by atoms with van der Waals surface area (Å²) >= 11 is 0. The SMILES string of the molecule is CC1(C(=O)Nc2ccc(Oc3cccc(F)c3)cn2)CCOC1. The molecule has 1 saturated heterocycles. The molecule has 23 heavy (non-hydrogen) atoms. The summed E-state index contributed by atoms with van der Waals surface area (Å²) in [6, 6.07) is 9.16. The Labute approximate surface area is 133 Å². The number of amides is 1. The molecule has 0 aliphatic carbocycles. The molecule has 0 bridgehead atoms. The lowest BCUT2D eigenvalue weighted by atomic mass is 9.89. The number of benzene rings is 1. The zero-order valence-corrected chi connectivity index (χ0v) is 12.7. The van der Waals surface area contributed by atoms with Crippen molar-refractivity contribution < 1.29 is 18.7 Å². The highest BCUT2D eigenvalue weighted by atomic mass is 19.1. The number of halogens is 1. The summed E-state index contributed by atoms with van der Waals surface area (Å²) in [7, 11) is 0. The number of carbonyl (C=O) groups excluding carboxylic acids is 1. The monoisotopic (exact) mass is 316 g/mol. The molecule has 0 saturated carbocycles. The zero-order valence-electron chi connectivity index (χ0n) is 12.7. The number of nitrogens with one attached hydrogen (secondary N) is 1. The molecular weight excluding hydrogens is 299 g/mol. The summed E-state index contributed by atoms with van der Waals surface area (Å²) in [5.74, 6) is 0.811. The van der Waals surface area contributed by atoms with Crippen LogP contribution in [0.15, 0.2) is 42.6 Å². The van der Waals surface area contributed by atoms with Gasteiger partial charge in [0.2, 0.25) is 5.91 Å². The van der Waals surface area contributed by atoms with Crippen LogP contribution in [0.3, 0.4) is 0 Å². The molecule has 3 rings (SSSR count). The molecule has 1 aromatic heterocycles. The Balaban J connectivity index is 1.64. The fraction of sp³-hybridized carbons (Fsp3) is 0.294. The van der Waals surface area contributed by atoms with E-state index >= 15 is 0 Å². The Hall–Kier alpha value is -2.47. The molecule has 5 nitrogen and oxygen atoms in total. The lowest BCUT2D eigenvalue weighted by Crippen LogP contribution is -2.34. The van der Waals surface area contributed by atoms with Gasteiger partial charge in [-0.05, 0) is 37.6 Å². The van der Waals surface area contributed by atoms with Crippen LogP contribution in [0.2, 0.25) is 0 Å². The second kappa shape index (κ2) is 6.34. The fourth-order valence-electron chi connectivity index (χ4n) is 2.29. The topological polar surface area (TPSA) is 60.5 Å². The van der Waals surface area contributed by atoms with Gasteiger partial charge in [0.1, 0.15) is 23.1 Å². The zero-order chi connectivity index (χ0) is 16.3. The number of pyridine rings is 1. The molecule has 1 fully saturated rings. The number of hydrogen-bond acceptors (Lipinski definition) is 4. The van der Waals surface area contributed by atoms with Crippen molar-refractivity contribution in [3.05, 3.63) is 48.4 Å². The number of hydrogen-bond donors (Lipinski definition) is 1. The first-order chi connectivity index (χ1) is 11.0. The van der Waals surface area contributed by atoms with Crippen molar-refractivity contribution in [1.82, 2.24) is 4.98 Å². The summed E-state index contributed by atoms with van der Waals surface area (Å²) in [4.78, 5) is 16.4. The van der Waals surface area contributed by atoms with E-state index in [-0.39, 0.29) is 11.7 Å². The highest BCUT2D eigenvalue weighted by molar-refractivity contribution is 5.94. The fourth-order valence-corrected chi connectivity index (χ4v) is 2.29. The Bertz CT molecular complexity index is 697. The number of rotatable bonds is 4. The van der Waals surface area contributed by atoms with E-state index in [1.807, 2.05) is 6.92 Å². The third-order valence-electron chi connectivity index (χ3n) is 3.78. The first kappa shape index (κ1) is 15.4. The number of ether oxygens (including phenoxy) is 2. The average Bonchev–Trinajstić information content (AvgIpc) is 2.97. The van der Waals surface area contributed by atoms with Crippen molar-refractivity contribution in [2.75, 3.05) is 18.5 Å². The quantitative estimate of drug-likeness (QED) is 0.939. The lowest BCUT2D eigenvalue weighted by molar-refractivity contribution is -0.124. The highest BCUT2D eigenvalue weighted by Crippen LogP contribution is 2.29. The van der Waals surface area contributed by atoms with Gasteiger partial charge in [-0.15, -0.1) is 0 Å². The van der Waals surface area contributed by atoms with E-state index in [1.165, 1.54) is 18.3 Å². The molecule has 2 aromatic rings. The predicted octanol–water partition coefficient (Wildman–Crippen LogP) is 3.38. The van der Waals surface area contributed by atoms with Crippen LogP contribution in [0, 0.1) is 11.2 Å². The van der Waals surface area contributed by atoms with Crippen molar-refractivity contribution >= 4 is 11.7 Å². The van der Waals surface area contributed by atoms with Gasteiger partial charge in [0.05, 0.1) is 18.2 Å². The van der Waals surface area contributed by atoms with Crippen molar-refractivity contribution in [1.29, 1.82) is 0 Å². The Morgan fingerprint density at radius 2 is 2.22 bits per heavy atom. The standard InChI is InChI=1S/C17H17FN2O3/c1-17(7-8-22-11-17)16(21)20-15-6-5-14(10-19-15)23-13-4-2-3-12(18)9-13/h2-6,9-10H,7-8,11H2,1H3,(H,19,20,21). The van der Waals surface area contributed by atoms with Gasteiger partial charge in [0, 0.05) is 12.7 Å². The maximum absolute atomic E-state index is 13.1. The normalized spacial score (nSPS) is 20.3. The van der Waals surface area contributed by atoms with Crippen LogP contribution in [0.4, 0.5) is 10.2 Å². The van der Waals surface area contributed by atoms with Crippen molar-refractivity contribution in [2.45, 2.75) is 13.3 Å². The van der Waals surface area contributed by atoms with Crippen LogP contribution in [-0.4, -0.2) is 24.1 Å². The van der Waals surface area contributed by atoms with Crippen LogP contribution in [-0.2, 0) is 9.53 Å². The van der Waals surface area contributed by atoms with Gasteiger partial charge >= 0.3 is 0 Å². The minimum absolute atomic E-state index is 0.110. The number of carbonyl (C=O) groups is 1. The van der Waals surface area contributed by atoms with E-state index < -0.39 is 5.41 Å². The molecule has 1 atom stereocenters. The lowest BCUT2D eigenvalue weighted by Gasteiger charge is -2.20. The van der Waals surface area contributed by atoms with Gasteiger partial charge in [0.25, 0.3) is 0 Å². The number of aromatic nitrogens is 1. The summed E-state index contributed by atoms with van der Waals surface area (Å²) in [5, 5.41) is 2.78. The summed E-state index contributed by atoms with van der Waals surface area (Å²) < 4.78 is 23.9. The van der Waals surface area contributed by atoms with E-state index in [9.17, 15) is 9.18 Å². The predicted molar refractivity (Wildman–Crippen MR) is 82.9 cm³/mol. The third-order valence-corrected chi connectivity index (χ3v) is 3.78. The largest absolute Gasteiger partial charge is 0.456 e. The highest BCUT2D eigenvalue weighted by Gasteiger charge is 2.37. The summed E-state index contributed by atoms with van der Waals surface area (Å²) in [5.41, 5.74) is -0.515. The molecule has 1 unspecified atom stereocenters. The molecule has 6 heteroatoms. The number of nitrogens with zero attached hydrogens (tertiary/aromatic N) is 1. The number of anilines is 1. The van der Waals surface area contributed by atoms with Gasteiger partial charge in [-0.1, -0.05) is 6.07 Å². The molecule has 1 N–H and O–H groups in total. The maximum Gasteiger partial charge on any atom is 0.233 e. The van der Waals surface area contributed by atoms with Crippen LogP contribution >= 0.6 is 0 Å². The Morgan fingerprint density at radius 1 is 1.35 bits per heavy atom. The van der Waals surface area contributed by atoms with Crippen molar-refractivity contribution in [3.8, 4) is 11.5 Å². The second-order valence-electron chi connectivity index (χ2n) is 5.76. The molecule has 2 heterocycles. The summed E-state index contributed by atoms with van der Waals surface area (Å²) in [6.45, 7) is 2.88. The van der Waals surface area contributed by atoms with Gasteiger partial charge in [-0.2, -0.15) is 0 Å². The molecule has 120 valence electrons. The molecule has 1 aromatic carbocycles. The van der Waals surface area contributed by atoms with E-state index in [1.54, 1.807) is 24.3 Å². The van der Waals surface area contributed by atoms with Crippen molar-refractivity contribution in [2.24, 2.45) is 5.41 Å². The molecule has 0 radical (unpaired) electrons. The van der Waals surface area contributed by atoms with Crippen molar-refractivity contribution in [3.63, 3.8) is 0 Å². The van der Waals surface area contributed by atoms with Crippen LogP contribution in [0.1, 0.15) is 13.3 Å². The van der Waals surface area contributed by atoms with Gasteiger partial charge in [0.15, 0.2) is 0 Å². The average molecular weight is 316 g/mol. The Morgan fingerprint density at radius 3 is 2.87 bits per heavy atom. The van der Waals surface area contributed by atoms with Gasteiger partial charge in [-0.3, -0.25) is 4.79 Å².